The first-order valence-corrected chi connectivity index (χ1v) is 13.4. The van der Waals surface area contributed by atoms with Crippen LogP contribution in [0.4, 0.5) is 0 Å². The number of rotatable bonds is 5. The summed E-state index contributed by atoms with van der Waals surface area (Å²) in [5, 5.41) is 0. The van der Waals surface area contributed by atoms with Gasteiger partial charge in [0.15, 0.2) is 0 Å². The van der Waals surface area contributed by atoms with Crippen LogP contribution in [0, 0.1) is 46.3 Å². The lowest BCUT2D eigenvalue weighted by Crippen LogP contribution is -2.59. The van der Waals surface area contributed by atoms with Crippen molar-refractivity contribution in [2.45, 2.75) is 105 Å². The predicted molar refractivity (Wildman–Crippen MR) is 128 cm³/mol. The monoisotopic (exact) mass is 476 g/mol. The van der Waals surface area contributed by atoms with E-state index in [4.69, 9.17) is 14.2 Å². The van der Waals surface area contributed by atoms with E-state index in [2.05, 4.69) is 20.8 Å². The Morgan fingerprint density at radius 1 is 0.882 bits per heavy atom. The third-order valence-electron chi connectivity index (χ3n) is 10.7. The van der Waals surface area contributed by atoms with E-state index < -0.39 is 0 Å². The lowest BCUT2D eigenvalue weighted by atomic mass is 9.43. The number of ether oxygens (including phenoxy) is 3. The molecule has 0 saturated heterocycles. The van der Waals surface area contributed by atoms with E-state index in [1.165, 1.54) is 21.0 Å². The Kier molecular flexibility index (Phi) is 7.10. The van der Waals surface area contributed by atoms with E-state index in [1.54, 1.807) is 0 Å². The second-order valence-corrected chi connectivity index (χ2v) is 12.4. The van der Waals surface area contributed by atoms with Gasteiger partial charge in [0.25, 0.3) is 0 Å². The van der Waals surface area contributed by atoms with Crippen LogP contribution in [0.25, 0.3) is 0 Å². The molecule has 0 aliphatic heterocycles. The van der Waals surface area contributed by atoms with Gasteiger partial charge >= 0.3 is 17.9 Å². The molecule has 0 aromatic carbocycles. The molecule has 4 rings (SSSR count). The summed E-state index contributed by atoms with van der Waals surface area (Å²) in [6, 6.07) is 0. The number of esters is 3. The first-order chi connectivity index (χ1) is 16.0. The number of carbonyl (C=O) groups excluding carboxylic acids is 3. The molecule has 4 fully saturated rings. The summed E-state index contributed by atoms with van der Waals surface area (Å²) >= 11 is 0. The Labute approximate surface area is 204 Å². The van der Waals surface area contributed by atoms with Crippen LogP contribution in [-0.4, -0.2) is 37.2 Å². The zero-order valence-corrected chi connectivity index (χ0v) is 21.9. The molecule has 4 aliphatic rings. The third kappa shape index (κ3) is 4.39. The minimum atomic E-state index is -0.203. The van der Waals surface area contributed by atoms with Crippen molar-refractivity contribution in [2.75, 3.05) is 7.11 Å². The van der Waals surface area contributed by atoms with Crippen LogP contribution in [0.1, 0.15) is 92.4 Å². The van der Waals surface area contributed by atoms with Crippen LogP contribution in [0.5, 0.6) is 0 Å². The molecule has 6 heteroatoms. The topological polar surface area (TPSA) is 78.9 Å². The van der Waals surface area contributed by atoms with Gasteiger partial charge in [0.1, 0.15) is 12.2 Å². The average Bonchev–Trinajstić information content (AvgIpc) is 3.11. The molecule has 0 spiro atoms. The molecule has 0 aromatic rings. The number of carbonyl (C=O) groups is 3. The van der Waals surface area contributed by atoms with E-state index >= 15 is 0 Å². The molecule has 6 nitrogen and oxygen atoms in total. The molecule has 0 amide bonds. The highest BCUT2D eigenvalue weighted by Gasteiger charge is 2.64. The van der Waals surface area contributed by atoms with E-state index in [-0.39, 0.29) is 46.9 Å². The highest BCUT2D eigenvalue weighted by Crippen LogP contribution is 2.68. The minimum Gasteiger partial charge on any atom is -0.469 e. The largest absolute Gasteiger partial charge is 0.469 e. The van der Waals surface area contributed by atoms with Gasteiger partial charge < -0.3 is 14.2 Å². The first kappa shape index (κ1) is 25.5. The van der Waals surface area contributed by atoms with Crippen molar-refractivity contribution in [1.82, 2.24) is 0 Å². The molecule has 0 bridgehead atoms. The summed E-state index contributed by atoms with van der Waals surface area (Å²) in [7, 11) is 1.47. The van der Waals surface area contributed by atoms with Crippen molar-refractivity contribution >= 4 is 17.9 Å². The van der Waals surface area contributed by atoms with Crippen LogP contribution in [-0.2, 0) is 28.6 Å². The van der Waals surface area contributed by atoms with Crippen LogP contribution in [0.15, 0.2) is 0 Å². The van der Waals surface area contributed by atoms with Gasteiger partial charge in [0.2, 0.25) is 0 Å². The summed E-state index contributed by atoms with van der Waals surface area (Å²) in [6.07, 6.45) is 8.69. The molecular weight excluding hydrogens is 432 g/mol. The maximum atomic E-state index is 12.2. The van der Waals surface area contributed by atoms with Gasteiger partial charge in [0.05, 0.1) is 7.11 Å². The molecule has 4 saturated carbocycles. The Morgan fingerprint density at radius 2 is 1.53 bits per heavy atom. The number of hydrogen-bond donors (Lipinski definition) is 0. The molecular formula is C28H44O6. The molecule has 0 radical (unpaired) electrons. The highest BCUT2D eigenvalue weighted by molar-refractivity contribution is 5.69. The van der Waals surface area contributed by atoms with Gasteiger partial charge in [-0.25, -0.2) is 0 Å². The van der Waals surface area contributed by atoms with Crippen LogP contribution < -0.4 is 0 Å². The summed E-state index contributed by atoms with van der Waals surface area (Å²) in [4.78, 5) is 35.8. The smallest absolute Gasteiger partial charge is 0.305 e. The standard InChI is InChI=1S/C28H44O6/c1-16(13-25(31)32-6)21-7-8-22-26-23(10-12-28(21,22)5)27(4)11-9-20(33-17(2)29)14-19(27)15-24(26)34-18(3)30/h16,19-24,26H,7-15H2,1-6H3/t16-,19?,20-,21?,22?,23?,24?,26?,27+,28-/m1/s1. The fourth-order valence-electron chi connectivity index (χ4n) is 9.30. The van der Waals surface area contributed by atoms with Gasteiger partial charge in [-0.1, -0.05) is 20.8 Å². The summed E-state index contributed by atoms with van der Waals surface area (Å²) in [5.74, 6) is 2.04. The molecule has 4 aliphatic carbocycles. The van der Waals surface area contributed by atoms with Crippen molar-refractivity contribution < 1.29 is 28.6 Å². The van der Waals surface area contributed by atoms with E-state index in [9.17, 15) is 14.4 Å². The van der Waals surface area contributed by atoms with Gasteiger partial charge in [-0.2, -0.15) is 0 Å². The second-order valence-electron chi connectivity index (χ2n) is 12.4. The fraction of sp³-hybridized carbons (Fsp3) is 0.893. The minimum absolute atomic E-state index is 0.0195. The van der Waals surface area contributed by atoms with Crippen molar-refractivity contribution in [1.29, 1.82) is 0 Å². The van der Waals surface area contributed by atoms with Crippen molar-refractivity contribution in [3.63, 3.8) is 0 Å². The molecule has 0 aromatic heterocycles. The lowest BCUT2D eigenvalue weighted by molar-refractivity contribution is -0.197. The number of methoxy groups -OCH3 is 1. The van der Waals surface area contributed by atoms with E-state index in [0.29, 0.717) is 36.0 Å². The third-order valence-corrected chi connectivity index (χ3v) is 10.7. The van der Waals surface area contributed by atoms with Crippen LogP contribution >= 0.6 is 0 Å². The Hall–Kier alpha value is -1.59. The highest BCUT2D eigenvalue weighted by atomic mass is 16.5. The molecule has 10 atom stereocenters. The maximum Gasteiger partial charge on any atom is 0.305 e. The maximum absolute atomic E-state index is 12.2. The Balaban J connectivity index is 1.61. The van der Waals surface area contributed by atoms with Crippen molar-refractivity contribution in [3.8, 4) is 0 Å². The van der Waals surface area contributed by atoms with E-state index in [1.807, 2.05) is 0 Å². The van der Waals surface area contributed by atoms with E-state index in [0.717, 1.165) is 51.4 Å². The zero-order chi connectivity index (χ0) is 24.8. The molecule has 0 N–H and O–H groups in total. The number of hydrogen-bond acceptors (Lipinski definition) is 6. The normalized spacial score (nSPS) is 44.1. The summed E-state index contributed by atoms with van der Waals surface area (Å²) in [6.45, 7) is 10.1. The summed E-state index contributed by atoms with van der Waals surface area (Å²) in [5.41, 5.74) is 0.347. The Morgan fingerprint density at radius 3 is 2.18 bits per heavy atom. The van der Waals surface area contributed by atoms with Gasteiger partial charge in [-0.15, -0.1) is 0 Å². The SMILES string of the molecule is COC(=O)C[C@@H](C)C1CCC2C3C(OC(C)=O)CC4C[C@H](OC(C)=O)CC[C@]4(C)C3CC[C@@]21C. The van der Waals surface area contributed by atoms with Gasteiger partial charge in [-0.3, -0.25) is 14.4 Å². The summed E-state index contributed by atoms with van der Waals surface area (Å²) < 4.78 is 16.7. The fourth-order valence-corrected chi connectivity index (χ4v) is 9.30. The quantitative estimate of drug-likeness (QED) is 0.395. The average molecular weight is 477 g/mol. The van der Waals surface area contributed by atoms with Crippen molar-refractivity contribution in [3.05, 3.63) is 0 Å². The van der Waals surface area contributed by atoms with Crippen LogP contribution in [0.3, 0.4) is 0 Å². The first-order valence-electron chi connectivity index (χ1n) is 13.4. The lowest BCUT2D eigenvalue weighted by Gasteiger charge is -2.62. The molecule has 0 heterocycles. The van der Waals surface area contributed by atoms with Crippen LogP contribution in [0.2, 0.25) is 0 Å². The van der Waals surface area contributed by atoms with Gasteiger partial charge in [-0.05, 0) is 91.8 Å². The number of fused-ring (bicyclic) bond motifs is 5. The van der Waals surface area contributed by atoms with Crippen molar-refractivity contribution in [2.24, 2.45) is 46.3 Å². The van der Waals surface area contributed by atoms with Gasteiger partial charge in [0, 0.05) is 26.2 Å². The molecule has 6 unspecified atom stereocenters. The molecule has 34 heavy (non-hydrogen) atoms. The predicted octanol–water partition coefficient (Wildman–Crippen LogP) is 5.32. The second kappa shape index (κ2) is 9.46. The zero-order valence-electron chi connectivity index (χ0n) is 21.9. The molecule has 192 valence electrons. The Bertz CT molecular complexity index is 809.